The van der Waals surface area contributed by atoms with Crippen LogP contribution < -0.4 is 0 Å². The molecule has 1 N–H and O–H groups in total. The lowest BCUT2D eigenvalue weighted by Gasteiger charge is -2.24. The molecule has 0 aliphatic heterocycles. The summed E-state index contributed by atoms with van der Waals surface area (Å²) in [5, 5.41) is 2.77. The Hall–Kier alpha value is -2.43. The molecule has 0 bridgehead atoms. The third-order valence-corrected chi connectivity index (χ3v) is 6.95. The molecule has 1 fully saturated rings. The first-order chi connectivity index (χ1) is 12.6. The molecule has 0 atom stereocenters. The largest absolute Gasteiger partial charge is 0.417 e. The Bertz CT molecular complexity index is 1140. The first-order valence-corrected chi connectivity index (χ1v) is 9.66. The monoisotopic (exact) mass is 402 g/mol. The second kappa shape index (κ2) is 5.78. The van der Waals surface area contributed by atoms with E-state index in [4.69, 9.17) is 0 Å². The molecule has 1 aliphatic carbocycles. The Labute approximate surface area is 151 Å². The van der Waals surface area contributed by atoms with Crippen molar-refractivity contribution in [2.24, 2.45) is 7.05 Å². The van der Waals surface area contributed by atoms with Gasteiger partial charge in [-0.3, -0.25) is 4.68 Å². The smallest absolute Gasteiger partial charge is 0.343 e. The summed E-state index contributed by atoms with van der Waals surface area (Å²) >= 11 is 0. The van der Waals surface area contributed by atoms with Crippen molar-refractivity contribution in [3.63, 3.8) is 0 Å². The van der Waals surface area contributed by atoms with E-state index in [1.165, 1.54) is 18.1 Å². The predicted molar refractivity (Wildman–Crippen MR) is 88.1 cm³/mol. The zero-order valence-corrected chi connectivity index (χ0v) is 14.8. The SMILES string of the molecule is Cn1cnc(-c2c(C(F)(F)F)cc(F)c3[nH]c(S(=O)(=O)C4CCC4)cc23)n1. The highest BCUT2D eigenvalue weighted by molar-refractivity contribution is 7.92. The van der Waals surface area contributed by atoms with Crippen molar-refractivity contribution in [2.75, 3.05) is 0 Å². The summed E-state index contributed by atoms with van der Waals surface area (Å²) in [6.07, 6.45) is -1.94. The molecule has 27 heavy (non-hydrogen) atoms. The number of rotatable bonds is 3. The Morgan fingerprint density at radius 1 is 1.26 bits per heavy atom. The second-order valence-corrected chi connectivity index (χ2v) is 8.74. The van der Waals surface area contributed by atoms with Gasteiger partial charge in [-0.1, -0.05) is 6.42 Å². The van der Waals surface area contributed by atoms with E-state index in [0.717, 1.165) is 12.5 Å². The maximum absolute atomic E-state index is 14.4. The van der Waals surface area contributed by atoms with Crippen molar-refractivity contribution in [3.05, 3.63) is 29.8 Å². The number of hydrogen-bond acceptors (Lipinski definition) is 4. The number of alkyl halides is 3. The Balaban J connectivity index is 2.03. The van der Waals surface area contributed by atoms with Crippen LogP contribution in [-0.2, 0) is 23.1 Å². The highest BCUT2D eigenvalue weighted by Crippen LogP contribution is 2.42. The van der Waals surface area contributed by atoms with Crippen LogP contribution in [0.15, 0.2) is 23.5 Å². The number of nitrogens with one attached hydrogen (secondary N) is 1. The van der Waals surface area contributed by atoms with Crippen molar-refractivity contribution in [3.8, 4) is 11.4 Å². The van der Waals surface area contributed by atoms with Crippen LogP contribution in [-0.4, -0.2) is 33.4 Å². The molecule has 2 aromatic heterocycles. The fourth-order valence-corrected chi connectivity index (χ4v) is 5.00. The van der Waals surface area contributed by atoms with E-state index in [9.17, 15) is 26.0 Å². The number of nitrogens with zero attached hydrogens (tertiary/aromatic N) is 3. The van der Waals surface area contributed by atoms with Crippen molar-refractivity contribution in [1.82, 2.24) is 19.7 Å². The van der Waals surface area contributed by atoms with Gasteiger partial charge in [0.25, 0.3) is 0 Å². The summed E-state index contributed by atoms with van der Waals surface area (Å²) < 4.78 is 81.4. The van der Waals surface area contributed by atoms with E-state index < -0.39 is 38.2 Å². The zero-order valence-electron chi connectivity index (χ0n) is 14.0. The van der Waals surface area contributed by atoms with Crippen molar-refractivity contribution < 1.29 is 26.0 Å². The number of H-pyrrole nitrogens is 1. The second-order valence-electron chi connectivity index (χ2n) is 6.54. The summed E-state index contributed by atoms with van der Waals surface area (Å²) in [7, 11) is -2.29. The molecule has 2 heterocycles. The summed E-state index contributed by atoms with van der Waals surface area (Å²) in [6, 6.07) is 1.39. The third-order valence-electron chi connectivity index (χ3n) is 4.77. The van der Waals surface area contributed by atoms with Gasteiger partial charge in [-0.2, -0.15) is 18.3 Å². The van der Waals surface area contributed by atoms with E-state index >= 15 is 0 Å². The Morgan fingerprint density at radius 2 is 1.96 bits per heavy atom. The van der Waals surface area contributed by atoms with Crippen LogP contribution in [0.5, 0.6) is 0 Å². The quantitative estimate of drug-likeness (QED) is 0.681. The van der Waals surface area contributed by atoms with E-state index in [2.05, 4.69) is 15.1 Å². The summed E-state index contributed by atoms with van der Waals surface area (Å²) in [5.74, 6) is -1.45. The molecule has 1 aliphatic rings. The van der Waals surface area contributed by atoms with Gasteiger partial charge in [0.2, 0.25) is 0 Å². The van der Waals surface area contributed by atoms with Gasteiger partial charge in [0.05, 0.1) is 16.3 Å². The van der Waals surface area contributed by atoms with Gasteiger partial charge in [0.15, 0.2) is 15.7 Å². The van der Waals surface area contributed by atoms with Crippen molar-refractivity contribution in [2.45, 2.75) is 35.7 Å². The minimum atomic E-state index is -4.87. The molecular weight excluding hydrogens is 388 g/mol. The Kier molecular flexibility index (Phi) is 3.85. The lowest BCUT2D eigenvalue weighted by molar-refractivity contribution is -0.137. The fourth-order valence-electron chi connectivity index (χ4n) is 3.16. The number of aromatic nitrogens is 4. The molecule has 3 aromatic rings. The number of aromatic amines is 1. The van der Waals surface area contributed by atoms with Gasteiger partial charge in [-0.15, -0.1) is 0 Å². The molecule has 0 unspecified atom stereocenters. The summed E-state index contributed by atoms with van der Waals surface area (Å²) in [5.41, 5.74) is -2.03. The van der Waals surface area contributed by atoms with Gasteiger partial charge < -0.3 is 4.98 Å². The first-order valence-electron chi connectivity index (χ1n) is 8.11. The molecule has 0 spiro atoms. The maximum Gasteiger partial charge on any atom is 0.417 e. The number of sulfone groups is 1. The first kappa shape index (κ1) is 18.0. The average molecular weight is 402 g/mol. The molecule has 1 aromatic carbocycles. The highest BCUT2D eigenvalue weighted by atomic mass is 32.2. The number of hydrogen-bond donors (Lipinski definition) is 1. The summed E-state index contributed by atoms with van der Waals surface area (Å²) in [6.45, 7) is 0. The molecule has 11 heteroatoms. The van der Waals surface area contributed by atoms with Crippen LogP contribution in [0.4, 0.5) is 17.6 Å². The molecule has 0 radical (unpaired) electrons. The maximum atomic E-state index is 14.4. The van der Waals surface area contributed by atoms with E-state index in [1.807, 2.05) is 0 Å². The van der Waals surface area contributed by atoms with Crippen LogP contribution in [0.1, 0.15) is 24.8 Å². The molecule has 1 saturated carbocycles. The minimum absolute atomic E-state index is 0.216. The molecule has 144 valence electrons. The lowest BCUT2D eigenvalue weighted by atomic mass is 10.00. The number of halogens is 4. The fraction of sp³-hybridized carbons (Fsp3) is 0.375. The van der Waals surface area contributed by atoms with E-state index in [-0.39, 0.29) is 21.8 Å². The molecule has 0 amide bonds. The number of fused-ring (bicyclic) bond motifs is 1. The molecule has 4 rings (SSSR count). The Morgan fingerprint density at radius 3 is 2.48 bits per heavy atom. The third kappa shape index (κ3) is 2.80. The van der Waals surface area contributed by atoms with Crippen LogP contribution in [0.2, 0.25) is 0 Å². The van der Waals surface area contributed by atoms with E-state index in [0.29, 0.717) is 18.9 Å². The van der Waals surface area contributed by atoms with Crippen LogP contribution in [0.25, 0.3) is 22.3 Å². The normalized spacial score (nSPS) is 16.0. The van der Waals surface area contributed by atoms with Gasteiger partial charge in [-0.25, -0.2) is 17.8 Å². The van der Waals surface area contributed by atoms with Gasteiger partial charge in [0, 0.05) is 18.0 Å². The summed E-state index contributed by atoms with van der Waals surface area (Å²) in [4.78, 5) is 6.30. The molecule has 6 nitrogen and oxygen atoms in total. The van der Waals surface area contributed by atoms with Gasteiger partial charge in [0.1, 0.15) is 17.2 Å². The van der Waals surface area contributed by atoms with E-state index in [1.54, 1.807) is 0 Å². The molecule has 0 saturated heterocycles. The zero-order chi connectivity index (χ0) is 19.6. The van der Waals surface area contributed by atoms with Crippen LogP contribution >= 0.6 is 0 Å². The van der Waals surface area contributed by atoms with Crippen molar-refractivity contribution >= 4 is 20.7 Å². The van der Waals surface area contributed by atoms with Crippen molar-refractivity contribution in [1.29, 1.82) is 0 Å². The number of benzene rings is 1. The van der Waals surface area contributed by atoms with Crippen LogP contribution in [0.3, 0.4) is 0 Å². The minimum Gasteiger partial charge on any atom is -0.343 e. The standard InChI is InChI=1S/C16H14F4N4O2S/c1-24-7-21-15(23-24)13-9-5-12(27(25,26)8-3-2-4-8)22-14(9)11(17)6-10(13)16(18,19)20/h5-8,22H,2-4H2,1H3. The number of aryl methyl sites for hydroxylation is 1. The van der Waals surface area contributed by atoms with Crippen LogP contribution in [0, 0.1) is 5.82 Å². The molecular formula is C16H14F4N4O2S. The van der Waals surface area contributed by atoms with Gasteiger partial charge in [-0.05, 0) is 25.0 Å². The predicted octanol–water partition coefficient (Wildman–Crippen LogP) is 3.45. The lowest BCUT2D eigenvalue weighted by Crippen LogP contribution is -2.28. The topological polar surface area (TPSA) is 80.6 Å². The average Bonchev–Trinajstić information content (AvgIpc) is 3.11. The van der Waals surface area contributed by atoms with Gasteiger partial charge >= 0.3 is 6.18 Å². The highest BCUT2D eigenvalue weighted by Gasteiger charge is 2.39.